The summed E-state index contributed by atoms with van der Waals surface area (Å²) in [4.78, 5) is 23.6. The fourth-order valence-corrected chi connectivity index (χ4v) is 2.96. The molecule has 1 amide bonds. The Balaban J connectivity index is 2.00. The van der Waals surface area contributed by atoms with Crippen LogP contribution in [0.15, 0.2) is 35.7 Å². The van der Waals surface area contributed by atoms with Gasteiger partial charge < -0.3 is 19.7 Å². The normalized spacial score (nSPS) is 12.0. The van der Waals surface area contributed by atoms with Crippen molar-refractivity contribution in [1.29, 1.82) is 0 Å². The maximum absolute atomic E-state index is 12.2. The highest BCUT2D eigenvalue weighted by Gasteiger charge is 2.22. The van der Waals surface area contributed by atoms with Gasteiger partial charge in [-0.05, 0) is 31.5 Å². The Morgan fingerprint density at radius 3 is 2.56 bits per heavy atom. The molecule has 1 unspecified atom stereocenters. The summed E-state index contributed by atoms with van der Waals surface area (Å²) in [6.07, 6.45) is 1.60. The lowest BCUT2D eigenvalue weighted by molar-refractivity contribution is -0.141. The predicted molar refractivity (Wildman–Crippen MR) is 92.6 cm³/mol. The quantitative estimate of drug-likeness (QED) is 0.689. The minimum absolute atomic E-state index is 0.0470. The summed E-state index contributed by atoms with van der Waals surface area (Å²) in [5.74, 6) is -0.867. The first-order chi connectivity index (χ1) is 11.9. The monoisotopic (exact) mass is 364 g/mol. The summed E-state index contributed by atoms with van der Waals surface area (Å²) < 4.78 is 6.89. The lowest BCUT2D eigenvalue weighted by atomic mass is 10.1. The first-order valence-electron chi connectivity index (χ1n) is 7.60. The Morgan fingerprint density at radius 2 is 2.00 bits per heavy atom. The van der Waals surface area contributed by atoms with Crippen LogP contribution in [-0.2, 0) is 9.59 Å². The molecule has 0 spiro atoms. The number of aliphatic carboxylic acids is 1. The summed E-state index contributed by atoms with van der Waals surface area (Å²) in [6.45, 7) is 3.97. The lowest BCUT2D eigenvalue weighted by Crippen LogP contribution is -2.34. The minimum atomic E-state index is -1.13. The van der Waals surface area contributed by atoms with Crippen LogP contribution in [0.1, 0.15) is 31.5 Å². The molecule has 0 bridgehead atoms. The smallest absolute Gasteiger partial charge is 0.330 e. The zero-order valence-electron chi connectivity index (χ0n) is 14.2. The molecule has 1 heterocycles. The van der Waals surface area contributed by atoms with Crippen LogP contribution in [0, 0.1) is 0 Å². The zero-order valence-corrected chi connectivity index (χ0v) is 15.0. The van der Waals surface area contributed by atoms with Crippen molar-refractivity contribution >= 4 is 23.6 Å². The number of nitrogens with zero attached hydrogens (tertiary/aromatic N) is 3. The van der Waals surface area contributed by atoms with E-state index in [1.807, 2.05) is 18.4 Å². The minimum Gasteiger partial charge on any atom is -0.497 e. The molecule has 2 N–H and O–H groups in total. The second-order valence-electron chi connectivity index (χ2n) is 5.52. The Bertz CT molecular complexity index is 730. The number of amides is 1. The van der Waals surface area contributed by atoms with E-state index in [1.165, 1.54) is 18.9 Å². The number of nitrogens with one attached hydrogen (secondary N) is 1. The van der Waals surface area contributed by atoms with Gasteiger partial charge in [-0.3, -0.25) is 4.79 Å². The molecule has 9 heteroatoms. The van der Waals surface area contributed by atoms with Crippen molar-refractivity contribution in [2.75, 3.05) is 12.9 Å². The van der Waals surface area contributed by atoms with Gasteiger partial charge in [0, 0.05) is 6.04 Å². The Labute approximate surface area is 149 Å². The summed E-state index contributed by atoms with van der Waals surface area (Å²) in [6, 6.07) is 5.57. The Kier molecular flexibility index (Phi) is 6.40. The van der Waals surface area contributed by atoms with Crippen molar-refractivity contribution in [3.8, 4) is 5.75 Å². The first kappa shape index (κ1) is 18.8. The number of carbonyl (C=O) groups excluding carboxylic acids is 1. The SMILES string of the molecule is COc1ccc(C(NC(=O)CSc2nncn2C(C)C)C(=O)O)cc1. The molecule has 0 saturated heterocycles. The van der Waals surface area contributed by atoms with E-state index in [0.29, 0.717) is 16.5 Å². The molecule has 0 radical (unpaired) electrons. The van der Waals surface area contributed by atoms with Gasteiger partial charge in [0.2, 0.25) is 5.91 Å². The molecule has 0 fully saturated rings. The van der Waals surface area contributed by atoms with Crippen molar-refractivity contribution in [3.05, 3.63) is 36.2 Å². The third kappa shape index (κ3) is 4.96. The summed E-state index contributed by atoms with van der Waals surface area (Å²) >= 11 is 1.21. The lowest BCUT2D eigenvalue weighted by Gasteiger charge is -2.15. The molecule has 1 atom stereocenters. The van der Waals surface area contributed by atoms with Gasteiger partial charge in [-0.25, -0.2) is 4.79 Å². The molecule has 2 rings (SSSR count). The molecule has 25 heavy (non-hydrogen) atoms. The van der Waals surface area contributed by atoms with Gasteiger partial charge in [0.15, 0.2) is 11.2 Å². The van der Waals surface area contributed by atoms with Crippen LogP contribution in [0.25, 0.3) is 0 Å². The van der Waals surface area contributed by atoms with Crippen molar-refractivity contribution < 1.29 is 19.4 Å². The molecule has 1 aromatic heterocycles. The van der Waals surface area contributed by atoms with E-state index in [9.17, 15) is 14.7 Å². The number of thioether (sulfide) groups is 1. The van der Waals surface area contributed by atoms with Crippen molar-refractivity contribution in [1.82, 2.24) is 20.1 Å². The van der Waals surface area contributed by atoms with E-state index in [-0.39, 0.29) is 11.8 Å². The molecular formula is C16H20N4O4S. The van der Waals surface area contributed by atoms with Gasteiger partial charge in [-0.15, -0.1) is 10.2 Å². The van der Waals surface area contributed by atoms with Gasteiger partial charge >= 0.3 is 5.97 Å². The van der Waals surface area contributed by atoms with Crippen molar-refractivity contribution in [2.24, 2.45) is 0 Å². The number of benzene rings is 1. The number of carbonyl (C=O) groups is 2. The summed E-state index contributed by atoms with van der Waals surface area (Å²) in [7, 11) is 1.53. The first-order valence-corrected chi connectivity index (χ1v) is 8.59. The number of carboxylic acids is 1. The maximum atomic E-state index is 12.2. The number of hydrogen-bond donors (Lipinski definition) is 2. The molecule has 134 valence electrons. The van der Waals surface area contributed by atoms with Crippen LogP contribution in [-0.4, -0.2) is 44.6 Å². The third-order valence-corrected chi connectivity index (χ3v) is 4.39. The highest BCUT2D eigenvalue weighted by molar-refractivity contribution is 7.99. The number of ether oxygens (including phenoxy) is 1. The molecular weight excluding hydrogens is 344 g/mol. The van der Waals surface area contributed by atoms with Crippen molar-refractivity contribution in [3.63, 3.8) is 0 Å². The summed E-state index contributed by atoms with van der Waals surface area (Å²) in [5, 5.41) is 20.3. The second kappa shape index (κ2) is 8.52. The summed E-state index contributed by atoms with van der Waals surface area (Å²) in [5.41, 5.74) is 0.469. The van der Waals surface area contributed by atoms with E-state index < -0.39 is 17.9 Å². The predicted octanol–water partition coefficient (Wildman–Crippen LogP) is 1.90. The molecule has 0 aliphatic carbocycles. The number of aromatic nitrogens is 3. The van der Waals surface area contributed by atoms with Crippen LogP contribution in [0.5, 0.6) is 5.75 Å². The zero-order chi connectivity index (χ0) is 18.4. The van der Waals surface area contributed by atoms with E-state index in [0.717, 1.165) is 0 Å². The molecule has 1 aromatic carbocycles. The molecule has 0 aliphatic rings. The van der Waals surface area contributed by atoms with Crippen LogP contribution >= 0.6 is 11.8 Å². The molecule has 2 aromatic rings. The molecule has 0 saturated carbocycles. The Hall–Kier alpha value is -2.55. The standard InChI is InChI=1S/C16H20N4O4S/c1-10(2)20-9-17-19-16(20)25-8-13(21)18-14(15(22)23)11-4-6-12(24-3)7-5-11/h4-7,9-10,14H,8H2,1-3H3,(H,18,21)(H,22,23). The fourth-order valence-electron chi connectivity index (χ4n) is 2.11. The fraction of sp³-hybridized carbons (Fsp3) is 0.375. The van der Waals surface area contributed by atoms with E-state index in [4.69, 9.17) is 4.74 Å². The average molecular weight is 364 g/mol. The highest BCUT2D eigenvalue weighted by Crippen LogP contribution is 2.20. The molecule has 8 nitrogen and oxygen atoms in total. The van der Waals surface area contributed by atoms with Crippen molar-refractivity contribution in [2.45, 2.75) is 31.1 Å². The topological polar surface area (TPSA) is 106 Å². The van der Waals surface area contributed by atoms with Gasteiger partial charge in [0.1, 0.15) is 12.1 Å². The van der Waals surface area contributed by atoms with Gasteiger partial charge in [-0.1, -0.05) is 23.9 Å². The van der Waals surface area contributed by atoms with Crippen LogP contribution in [0.4, 0.5) is 0 Å². The Morgan fingerprint density at radius 1 is 1.32 bits per heavy atom. The third-order valence-electron chi connectivity index (χ3n) is 3.43. The van der Waals surface area contributed by atoms with Crippen LogP contribution in [0.3, 0.4) is 0 Å². The van der Waals surface area contributed by atoms with Gasteiger partial charge in [0.25, 0.3) is 0 Å². The molecule has 0 aliphatic heterocycles. The van der Waals surface area contributed by atoms with Gasteiger partial charge in [-0.2, -0.15) is 0 Å². The van der Waals surface area contributed by atoms with Gasteiger partial charge in [0.05, 0.1) is 12.9 Å². The van der Waals surface area contributed by atoms with E-state index in [2.05, 4.69) is 15.5 Å². The second-order valence-corrected chi connectivity index (χ2v) is 6.46. The highest BCUT2D eigenvalue weighted by atomic mass is 32.2. The van der Waals surface area contributed by atoms with Crippen LogP contribution in [0.2, 0.25) is 0 Å². The van der Waals surface area contributed by atoms with E-state index in [1.54, 1.807) is 30.6 Å². The largest absolute Gasteiger partial charge is 0.497 e. The van der Waals surface area contributed by atoms with E-state index >= 15 is 0 Å². The maximum Gasteiger partial charge on any atom is 0.330 e. The number of rotatable bonds is 8. The average Bonchev–Trinajstić information content (AvgIpc) is 3.06. The number of carboxylic acid groups (broad SMARTS) is 1. The number of hydrogen-bond acceptors (Lipinski definition) is 6. The number of methoxy groups -OCH3 is 1. The van der Waals surface area contributed by atoms with Crippen LogP contribution < -0.4 is 10.1 Å².